The Morgan fingerprint density at radius 1 is 1.38 bits per heavy atom. The van der Waals surface area contributed by atoms with Crippen LogP contribution in [0.4, 0.5) is 0 Å². The molecule has 16 heavy (non-hydrogen) atoms. The Kier molecular flexibility index (Phi) is 3.33. The van der Waals surface area contributed by atoms with Crippen molar-refractivity contribution < 1.29 is 0 Å². The van der Waals surface area contributed by atoms with Crippen molar-refractivity contribution in [3.8, 4) is 0 Å². The molecule has 1 aromatic carbocycles. The first kappa shape index (κ1) is 11.3. The number of aryl methyl sites for hydroxylation is 1. The summed E-state index contributed by atoms with van der Waals surface area (Å²) in [7, 11) is 1.84. The van der Waals surface area contributed by atoms with Crippen molar-refractivity contribution in [1.82, 2.24) is 20.4 Å². The number of halogens is 1. The molecule has 0 aliphatic heterocycles. The van der Waals surface area contributed by atoms with Gasteiger partial charge in [0.2, 0.25) is 0 Å². The minimum Gasteiger partial charge on any atom is -0.271 e. The molecule has 1 heterocycles. The average molecular weight is 282 g/mol. The van der Waals surface area contributed by atoms with Gasteiger partial charge in [0.15, 0.2) is 0 Å². The Labute approximate surface area is 102 Å². The second kappa shape index (κ2) is 4.73. The number of nitrogens with zero attached hydrogens (tertiary/aromatic N) is 3. The molecule has 0 spiro atoms. The Balaban J connectivity index is 2.37. The van der Waals surface area contributed by atoms with Gasteiger partial charge in [0.25, 0.3) is 0 Å². The summed E-state index contributed by atoms with van der Waals surface area (Å²) in [5.41, 5.74) is 4.75. The van der Waals surface area contributed by atoms with Crippen LogP contribution >= 0.6 is 15.9 Å². The zero-order chi connectivity index (χ0) is 11.5. The number of hydrogen-bond donors (Lipinski definition) is 2. The monoisotopic (exact) mass is 281 g/mol. The zero-order valence-electron chi connectivity index (χ0n) is 8.76. The molecule has 0 fully saturated rings. The lowest BCUT2D eigenvalue weighted by atomic mass is 10.1. The Bertz CT molecular complexity index is 464. The molecule has 1 unspecified atom stereocenters. The summed E-state index contributed by atoms with van der Waals surface area (Å²) in [5.74, 6) is 5.57. The third-order valence-electron chi connectivity index (χ3n) is 2.42. The van der Waals surface area contributed by atoms with Crippen molar-refractivity contribution in [2.45, 2.75) is 6.04 Å². The van der Waals surface area contributed by atoms with Crippen LogP contribution in [0.15, 0.2) is 34.9 Å². The second-order valence-electron chi connectivity index (χ2n) is 3.43. The van der Waals surface area contributed by atoms with Crippen molar-refractivity contribution in [2.24, 2.45) is 12.9 Å². The van der Waals surface area contributed by atoms with Crippen LogP contribution in [0.2, 0.25) is 0 Å². The number of hydrogen-bond acceptors (Lipinski definition) is 4. The van der Waals surface area contributed by atoms with E-state index in [4.69, 9.17) is 5.84 Å². The molecule has 2 rings (SSSR count). The molecular formula is C10H12BrN5. The van der Waals surface area contributed by atoms with Crippen LogP contribution in [0.1, 0.15) is 17.3 Å². The Morgan fingerprint density at radius 2 is 2.06 bits per heavy atom. The van der Waals surface area contributed by atoms with Gasteiger partial charge in [0.1, 0.15) is 0 Å². The van der Waals surface area contributed by atoms with E-state index < -0.39 is 0 Å². The van der Waals surface area contributed by atoms with E-state index in [1.807, 2.05) is 31.3 Å². The van der Waals surface area contributed by atoms with Gasteiger partial charge in [-0.15, -0.1) is 5.10 Å². The number of hydrazine groups is 1. The fourth-order valence-electron chi connectivity index (χ4n) is 1.57. The van der Waals surface area contributed by atoms with Crippen molar-refractivity contribution in [1.29, 1.82) is 0 Å². The van der Waals surface area contributed by atoms with Gasteiger partial charge < -0.3 is 0 Å². The third-order valence-corrected chi connectivity index (χ3v) is 2.94. The SMILES string of the molecule is Cn1nncc1C(NN)c1ccc(Br)cc1. The number of rotatable bonds is 3. The first-order valence-corrected chi connectivity index (χ1v) is 5.58. The third kappa shape index (κ3) is 2.13. The van der Waals surface area contributed by atoms with Crippen molar-refractivity contribution in [2.75, 3.05) is 0 Å². The average Bonchev–Trinajstić information content (AvgIpc) is 2.69. The van der Waals surface area contributed by atoms with E-state index in [1.54, 1.807) is 10.9 Å². The lowest BCUT2D eigenvalue weighted by molar-refractivity contribution is 0.570. The van der Waals surface area contributed by atoms with Gasteiger partial charge in [-0.25, -0.2) is 5.43 Å². The molecule has 0 aliphatic carbocycles. The molecule has 0 amide bonds. The maximum absolute atomic E-state index is 5.57. The summed E-state index contributed by atoms with van der Waals surface area (Å²) in [6.07, 6.45) is 1.70. The summed E-state index contributed by atoms with van der Waals surface area (Å²) >= 11 is 3.40. The zero-order valence-corrected chi connectivity index (χ0v) is 10.3. The highest BCUT2D eigenvalue weighted by Gasteiger charge is 2.16. The Hall–Kier alpha value is -1.24. The van der Waals surface area contributed by atoms with Crippen LogP contribution < -0.4 is 11.3 Å². The topological polar surface area (TPSA) is 68.8 Å². The molecule has 3 N–H and O–H groups in total. The molecule has 1 atom stereocenters. The van der Waals surface area contributed by atoms with Gasteiger partial charge >= 0.3 is 0 Å². The molecule has 0 saturated carbocycles. The largest absolute Gasteiger partial charge is 0.271 e. The maximum Gasteiger partial charge on any atom is 0.0894 e. The lowest BCUT2D eigenvalue weighted by Crippen LogP contribution is -2.30. The molecule has 0 aliphatic rings. The highest BCUT2D eigenvalue weighted by molar-refractivity contribution is 9.10. The van der Waals surface area contributed by atoms with Crippen molar-refractivity contribution in [3.63, 3.8) is 0 Å². The maximum atomic E-state index is 5.57. The second-order valence-corrected chi connectivity index (χ2v) is 4.35. The van der Waals surface area contributed by atoms with Gasteiger partial charge in [0, 0.05) is 11.5 Å². The quantitative estimate of drug-likeness (QED) is 0.654. The minimum atomic E-state index is -0.104. The van der Waals surface area contributed by atoms with E-state index in [-0.39, 0.29) is 6.04 Å². The number of nitrogens with one attached hydrogen (secondary N) is 1. The summed E-state index contributed by atoms with van der Waals surface area (Å²) in [6.45, 7) is 0. The normalized spacial score (nSPS) is 12.7. The molecule has 5 nitrogen and oxygen atoms in total. The molecule has 2 aromatic rings. The van der Waals surface area contributed by atoms with Crippen LogP contribution in [0.3, 0.4) is 0 Å². The number of benzene rings is 1. The molecule has 0 radical (unpaired) electrons. The first-order chi connectivity index (χ1) is 7.72. The predicted octanol–water partition coefficient (Wildman–Crippen LogP) is 1.13. The standard InChI is InChI=1S/C10H12BrN5/c1-16-9(6-13-15-16)10(14-12)7-2-4-8(11)5-3-7/h2-6,10,14H,12H2,1H3. The first-order valence-electron chi connectivity index (χ1n) is 4.78. The van der Waals surface area contributed by atoms with Gasteiger partial charge in [-0.05, 0) is 17.7 Å². The fourth-order valence-corrected chi connectivity index (χ4v) is 1.83. The summed E-state index contributed by atoms with van der Waals surface area (Å²) in [5, 5.41) is 7.73. The van der Waals surface area contributed by atoms with Gasteiger partial charge in [0.05, 0.1) is 17.9 Å². The van der Waals surface area contributed by atoms with Gasteiger partial charge in [-0.1, -0.05) is 33.3 Å². The van der Waals surface area contributed by atoms with Gasteiger partial charge in [-0.2, -0.15) is 0 Å². The Morgan fingerprint density at radius 3 is 2.56 bits per heavy atom. The van der Waals surface area contributed by atoms with E-state index in [0.29, 0.717) is 0 Å². The smallest absolute Gasteiger partial charge is 0.0894 e. The summed E-state index contributed by atoms with van der Waals surface area (Å²) in [6, 6.07) is 7.85. The fraction of sp³-hybridized carbons (Fsp3) is 0.200. The molecule has 1 aromatic heterocycles. The number of nitrogens with two attached hydrogens (primary N) is 1. The van der Waals surface area contributed by atoms with Crippen LogP contribution in [0, 0.1) is 0 Å². The molecule has 0 bridgehead atoms. The molecule has 84 valence electrons. The summed E-state index contributed by atoms with van der Waals surface area (Å²) in [4.78, 5) is 0. The van der Waals surface area contributed by atoms with E-state index in [0.717, 1.165) is 15.7 Å². The number of aromatic nitrogens is 3. The van der Waals surface area contributed by atoms with E-state index in [9.17, 15) is 0 Å². The van der Waals surface area contributed by atoms with E-state index >= 15 is 0 Å². The van der Waals surface area contributed by atoms with Crippen molar-refractivity contribution in [3.05, 3.63) is 46.2 Å². The predicted molar refractivity (Wildman–Crippen MR) is 64.3 cm³/mol. The van der Waals surface area contributed by atoms with Crippen LogP contribution in [0.5, 0.6) is 0 Å². The van der Waals surface area contributed by atoms with Gasteiger partial charge in [-0.3, -0.25) is 10.5 Å². The van der Waals surface area contributed by atoms with E-state index in [2.05, 4.69) is 31.7 Å². The minimum absolute atomic E-state index is 0.104. The summed E-state index contributed by atoms with van der Waals surface area (Å²) < 4.78 is 2.74. The molecular weight excluding hydrogens is 270 g/mol. The van der Waals surface area contributed by atoms with Crippen LogP contribution in [-0.2, 0) is 7.05 Å². The van der Waals surface area contributed by atoms with Crippen molar-refractivity contribution >= 4 is 15.9 Å². The lowest BCUT2D eigenvalue weighted by Gasteiger charge is -2.15. The molecule has 0 saturated heterocycles. The molecule has 6 heteroatoms. The van der Waals surface area contributed by atoms with Crippen LogP contribution in [-0.4, -0.2) is 15.0 Å². The van der Waals surface area contributed by atoms with Crippen LogP contribution in [0.25, 0.3) is 0 Å². The highest BCUT2D eigenvalue weighted by atomic mass is 79.9. The van der Waals surface area contributed by atoms with E-state index in [1.165, 1.54) is 0 Å². The highest BCUT2D eigenvalue weighted by Crippen LogP contribution is 2.21.